The Morgan fingerprint density at radius 2 is 2.15 bits per heavy atom. The second-order valence-corrected chi connectivity index (χ2v) is 5.67. The van der Waals surface area contributed by atoms with Gasteiger partial charge in [-0.15, -0.1) is 11.6 Å². The van der Waals surface area contributed by atoms with Gasteiger partial charge in [-0.3, -0.25) is 0 Å². The van der Waals surface area contributed by atoms with Crippen LogP contribution in [0.3, 0.4) is 0 Å². The molecule has 0 saturated heterocycles. The number of fused-ring (bicyclic) bond motifs is 1. The summed E-state index contributed by atoms with van der Waals surface area (Å²) in [7, 11) is 1.48. The zero-order valence-corrected chi connectivity index (χ0v) is 12.3. The van der Waals surface area contributed by atoms with Crippen LogP contribution in [0.25, 0.3) is 11.0 Å². The highest BCUT2D eigenvalue weighted by atomic mass is 35.5. The Kier molecular flexibility index (Phi) is 3.83. The van der Waals surface area contributed by atoms with Crippen LogP contribution in [0.5, 0.6) is 5.75 Å². The first-order valence-electron chi connectivity index (χ1n) is 7.01. The second-order valence-electron chi connectivity index (χ2n) is 5.40. The molecular formula is C15H18ClFN2O. The van der Waals surface area contributed by atoms with Gasteiger partial charge in [0.25, 0.3) is 0 Å². The number of alkyl halides is 1. The zero-order chi connectivity index (χ0) is 14.1. The van der Waals surface area contributed by atoms with Gasteiger partial charge in [-0.05, 0) is 18.8 Å². The van der Waals surface area contributed by atoms with Gasteiger partial charge in [0.2, 0.25) is 0 Å². The van der Waals surface area contributed by atoms with Crippen LogP contribution >= 0.6 is 11.6 Å². The summed E-state index contributed by atoms with van der Waals surface area (Å²) in [6.45, 7) is 0.910. The van der Waals surface area contributed by atoms with Gasteiger partial charge >= 0.3 is 0 Å². The fourth-order valence-corrected chi connectivity index (χ4v) is 3.29. The number of benzene rings is 1. The quantitative estimate of drug-likeness (QED) is 0.794. The maximum absolute atomic E-state index is 13.8. The van der Waals surface area contributed by atoms with E-state index in [0.29, 0.717) is 17.3 Å². The van der Waals surface area contributed by atoms with Crippen LogP contribution in [-0.4, -0.2) is 16.7 Å². The van der Waals surface area contributed by atoms with Crippen LogP contribution in [0.4, 0.5) is 4.39 Å². The summed E-state index contributed by atoms with van der Waals surface area (Å²) in [5.41, 5.74) is 1.56. The third kappa shape index (κ3) is 2.37. The van der Waals surface area contributed by atoms with E-state index in [-0.39, 0.29) is 11.6 Å². The topological polar surface area (TPSA) is 27.1 Å². The maximum atomic E-state index is 13.8. The first-order valence-corrected chi connectivity index (χ1v) is 7.55. The molecule has 20 heavy (non-hydrogen) atoms. The van der Waals surface area contributed by atoms with E-state index in [2.05, 4.69) is 9.55 Å². The highest BCUT2D eigenvalue weighted by molar-refractivity contribution is 6.16. The average Bonchev–Trinajstić information content (AvgIpc) is 3.06. The van der Waals surface area contributed by atoms with Crippen molar-refractivity contribution in [3.8, 4) is 5.75 Å². The van der Waals surface area contributed by atoms with E-state index in [1.54, 1.807) is 6.07 Å². The van der Waals surface area contributed by atoms with Crippen molar-refractivity contribution >= 4 is 22.6 Å². The minimum atomic E-state index is -0.383. The number of methoxy groups -OCH3 is 1. The van der Waals surface area contributed by atoms with Crippen molar-refractivity contribution in [1.29, 1.82) is 0 Å². The molecule has 1 saturated carbocycles. The fourth-order valence-electron chi connectivity index (χ4n) is 3.09. The molecule has 0 amide bonds. The van der Waals surface area contributed by atoms with Gasteiger partial charge in [0, 0.05) is 18.7 Å². The third-order valence-electron chi connectivity index (χ3n) is 4.14. The Morgan fingerprint density at radius 1 is 1.40 bits per heavy atom. The highest BCUT2D eigenvalue weighted by Crippen LogP contribution is 2.31. The molecule has 2 aromatic rings. The van der Waals surface area contributed by atoms with Crippen LogP contribution in [0, 0.1) is 11.7 Å². The van der Waals surface area contributed by atoms with E-state index in [9.17, 15) is 4.39 Å². The van der Waals surface area contributed by atoms with Crippen molar-refractivity contribution in [1.82, 2.24) is 9.55 Å². The lowest BCUT2D eigenvalue weighted by atomic mass is 10.1. The number of ether oxygens (including phenoxy) is 1. The molecule has 1 aromatic carbocycles. The molecule has 0 spiro atoms. The number of hydrogen-bond donors (Lipinski definition) is 0. The predicted molar refractivity (Wildman–Crippen MR) is 77.8 cm³/mol. The molecule has 1 aliphatic carbocycles. The van der Waals surface area contributed by atoms with Gasteiger partial charge in [0.15, 0.2) is 11.6 Å². The van der Waals surface area contributed by atoms with Gasteiger partial charge in [-0.25, -0.2) is 9.37 Å². The van der Waals surface area contributed by atoms with Gasteiger partial charge in [0.1, 0.15) is 5.82 Å². The van der Waals surface area contributed by atoms with E-state index in [1.165, 1.54) is 38.9 Å². The van der Waals surface area contributed by atoms with E-state index in [0.717, 1.165) is 17.9 Å². The molecule has 0 bridgehead atoms. The Bertz CT molecular complexity index is 620. The minimum absolute atomic E-state index is 0.256. The summed E-state index contributed by atoms with van der Waals surface area (Å²) < 4.78 is 21.0. The largest absolute Gasteiger partial charge is 0.494 e. The lowest BCUT2D eigenvalue weighted by Gasteiger charge is -2.13. The highest BCUT2D eigenvalue weighted by Gasteiger charge is 2.20. The molecule has 1 heterocycles. The van der Waals surface area contributed by atoms with Crippen LogP contribution in [-0.2, 0) is 12.4 Å². The van der Waals surface area contributed by atoms with Crippen molar-refractivity contribution in [3.63, 3.8) is 0 Å². The number of halogens is 2. The number of hydrogen-bond acceptors (Lipinski definition) is 2. The zero-order valence-electron chi connectivity index (χ0n) is 11.5. The second kappa shape index (κ2) is 5.60. The predicted octanol–water partition coefficient (Wildman–Crippen LogP) is 4.11. The lowest BCUT2D eigenvalue weighted by molar-refractivity contribution is 0.387. The number of rotatable bonds is 4. The van der Waals surface area contributed by atoms with E-state index in [4.69, 9.17) is 16.3 Å². The minimum Gasteiger partial charge on any atom is -0.494 e. The summed E-state index contributed by atoms with van der Waals surface area (Å²) >= 11 is 5.99. The van der Waals surface area contributed by atoms with E-state index < -0.39 is 0 Å². The van der Waals surface area contributed by atoms with Crippen LogP contribution in [0.2, 0.25) is 0 Å². The lowest BCUT2D eigenvalue weighted by Crippen LogP contribution is -2.10. The molecule has 3 rings (SSSR count). The van der Waals surface area contributed by atoms with Crippen molar-refractivity contribution in [2.45, 2.75) is 38.1 Å². The molecule has 0 unspecified atom stereocenters. The first-order chi connectivity index (χ1) is 9.72. The Labute approximate surface area is 122 Å². The Morgan fingerprint density at radius 3 is 2.80 bits per heavy atom. The fraction of sp³-hybridized carbons (Fsp3) is 0.533. The Balaban J connectivity index is 2.06. The molecule has 0 aliphatic heterocycles. The molecule has 3 nitrogen and oxygen atoms in total. The average molecular weight is 297 g/mol. The van der Waals surface area contributed by atoms with Gasteiger partial charge in [0.05, 0.1) is 24.0 Å². The first kappa shape index (κ1) is 13.7. The molecule has 1 aliphatic rings. The van der Waals surface area contributed by atoms with E-state index >= 15 is 0 Å². The molecule has 0 atom stereocenters. The van der Waals surface area contributed by atoms with Crippen molar-refractivity contribution in [3.05, 3.63) is 23.8 Å². The van der Waals surface area contributed by atoms with Crippen molar-refractivity contribution in [2.24, 2.45) is 5.92 Å². The summed E-state index contributed by atoms with van der Waals surface area (Å²) in [5, 5.41) is 0. The van der Waals surface area contributed by atoms with Crippen LogP contribution < -0.4 is 4.74 Å². The summed E-state index contributed by atoms with van der Waals surface area (Å²) in [4.78, 5) is 4.44. The monoisotopic (exact) mass is 296 g/mol. The van der Waals surface area contributed by atoms with Crippen molar-refractivity contribution in [2.75, 3.05) is 7.11 Å². The molecule has 0 radical (unpaired) electrons. The Hall–Kier alpha value is -1.29. The summed E-state index contributed by atoms with van der Waals surface area (Å²) in [6, 6.07) is 3.15. The van der Waals surface area contributed by atoms with Crippen LogP contribution in [0.1, 0.15) is 31.5 Å². The maximum Gasteiger partial charge on any atom is 0.167 e. The standard InChI is InChI=1S/C15H18ClFN2O/c1-20-14-7-13-12(6-11(14)17)18-15(8-16)19(13)9-10-4-2-3-5-10/h6-7,10H,2-5,8-9H2,1H3. The van der Waals surface area contributed by atoms with Gasteiger partial charge < -0.3 is 9.30 Å². The molecule has 0 N–H and O–H groups in total. The number of aromatic nitrogens is 2. The summed E-state index contributed by atoms with van der Waals surface area (Å²) in [5.74, 6) is 1.69. The summed E-state index contributed by atoms with van der Waals surface area (Å²) in [6.07, 6.45) is 5.09. The molecule has 108 valence electrons. The smallest absolute Gasteiger partial charge is 0.167 e. The van der Waals surface area contributed by atoms with Gasteiger partial charge in [-0.2, -0.15) is 0 Å². The molecule has 1 fully saturated rings. The van der Waals surface area contributed by atoms with Gasteiger partial charge in [-0.1, -0.05) is 12.8 Å². The molecule has 1 aromatic heterocycles. The number of imidazole rings is 1. The number of nitrogens with zero attached hydrogens (tertiary/aromatic N) is 2. The SMILES string of the molecule is COc1cc2c(cc1F)nc(CCl)n2CC1CCCC1. The van der Waals surface area contributed by atoms with E-state index in [1.807, 2.05) is 0 Å². The van der Waals surface area contributed by atoms with Crippen LogP contribution in [0.15, 0.2) is 12.1 Å². The molecule has 5 heteroatoms. The molecular weight excluding hydrogens is 279 g/mol. The van der Waals surface area contributed by atoms with Crippen molar-refractivity contribution < 1.29 is 9.13 Å². The third-order valence-corrected chi connectivity index (χ3v) is 4.37. The normalized spacial score (nSPS) is 16.1.